The molecule has 0 saturated carbocycles. The van der Waals surface area contributed by atoms with Crippen molar-refractivity contribution in [2.45, 2.75) is 13.3 Å². The highest BCUT2D eigenvalue weighted by molar-refractivity contribution is 6.37. The number of anilines is 2. The Morgan fingerprint density at radius 3 is 2.41 bits per heavy atom. The lowest BCUT2D eigenvalue weighted by molar-refractivity contribution is 1.08. The highest BCUT2D eigenvalue weighted by atomic mass is 35.5. The Hall–Kier alpha value is -3.66. The fraction of sp³-hybridized carbons (Fsp3) is 0.0833. The summed E-state index contributed by atoms with van der Waals surface area (Å²) in [5, 5.41) is 13.8. The molecule has 0 bridgehead atoms. The first-order valence-electron chi connectivity index (χ1n) is 9.88. The maximum Gasteiger partial charge on any atom is 0.157 e. The summed E-state index contributed by atoms with van der Waals surface area (Å²) in [4.78, 5) is 12.9. The molecule has 0 aliphatic carbocycles. The number of hydrogen-bond acceptors (Lipinski definition) is 5. The molecule has 0 spiro atoms. The summed E-state index contributed by atoms with van der Waals surface area (Å²) in [6, 6.07) is 20.2. The van der Waals surface area contributed by atoms with Crippen LogP contribution in [0.2, 0.25) is 10.3 Å². The van der Waals surface area contributed by atoms with Crippen LogP contribution in [-0.4, -0.2) is 19.4 Å². The number of rotatable bonds is 4. The van der Waals surface area contributed by atoms with Crippen molar-refractivity contribution in [3.8, 4) is 6.07 Å². The van der Waals surface area contributed by atoms with Crippen LogP contribution in [0.1, 0.15) is 22.3 Å². The monoisotopic (exact) mass is 458 g/mol. The Bertz CT molecular complexity index is 1500. The maximum atomic E-state index is 10.0. The largest absolute Gasteiger partial charge is 0.336 e. The van der Waals surface area contributed by atoms with Gasteiger partial charge in [0.2, 0.25) is 0 Å². The van der Waals surface area contributed by atoms with E-state index >= 15 is 0 Å². The number of aromatic nitrogens is 4. The van der Waals surface area contributed by atoms with E-state index in [1.54, 1.807) is 0 Å². The van der Waals surface area contributed by atoms with Crippen LogP contribution in [0.5, 0.6) is 0 Å². The van der Waals surface area contributed by atoms with Gasteiger partial charge < -0.3 is 5.32 Å². The van der Waals surface area contributed by atoms with Crippen LogP contribution in [0, 0.1) is 18.3 Å². The molecule has 2 aromatic carbocycles. The van der Waals surface area contributed by atoms with Gasteiger partial charge in [0.25, 0.3) is 0 Å². The first kappa shape index (κ1) is 20.3. The smallest absolute Gasteiger partial charge is 0.157 e. The number of halogens is 2. The fourth-order valence-corrected chi connectivity index (χ4v) is 4.31. The molecule has 0 amide bonds. The number of nitriles is 1. The van der Waals surface area contributed by atoms with Gasteiger partial charge in [0.15, 0.2) is 16.0 Å². The molecule has 0 saturated heterocycles. The molecule has 0 atom stereocenters. The standard InChI is InChI=1S/C24H16Cl2N6/c1-14-16(11-15-7-3-2-4-8-15)23(31-20-21(25)28-13-29-22(20)26)32-19-10-6-5-9-18(19)30-24(32)17(14)12-27/h2-10,13,31H,11H2,1H3. The first-order valence-corrected chi connectivity index (χ1v) is 10.6. The molecule has 3 aromatic heterocycles. The van der Waals surface area contributed by atoms with Gasteiger partial charge in [-0.05, 0) is 30.2 Å². The third-order valence-corrected chi connectivity index (χ3v) is 6.03. The Labute approximate surface area is 194 Å². The summed E-state index contributed by atoms with van der Waals surface area (Å²) >= 11 is 12.7. The molecule has 8 heteroatoms. The zero-order valence-electron chi connectivity index (χ0n) is 17.0. The molecular weight excluding hydrogens is 443 g/mol. The molecule has 0 radical (unpaired) electrons. The number of imidazole rings is 1. The van der Waals surface area contributed by atoms with Gasteiger partial charge in [-0.15, -0.1) is 0 Å². The van der Waals surface area contributed by atoms with E-state index in [1.165, 1.54) is 6.33 Å². The quantitative estimate of drug-likeness (QED) is 0.329. The fourth-order valence-electron chi connectivity index (χ4n) is 3.90. The van der Waals surface area contributed by atoms with E-state index < -0.39 is 0 Å². The zero-order chi connectivity index (χ0) is 22.2. The Balaban J connectivity index is 1.88. The van der Waals surface area contributed by atoms with E-state index in [0.29, 0.717) is 29.1 Å². The molecule has 3 heterocycles. The van der Waals surface area contributed by atoms with Gasteiger partial charge in [0.05, 0.1) is 16.6 Å². The number of para-hydroxylation sites is 2. The summed E-state index contributed by atoms with van der Waals surface area (Å²) < 4.78 is 1.94. The van der Waals surface area contributed by atoms with E-state index in [1.807, 2.05) is 53.8 Å². The molecule has 156 valence electrons. The number of nitrogens with one attached hydrogen (secondary N) is 1. The Morgan fingerprint density at radius 2 is 1.69 bits per heavy atom. The van der Waals surface area contributed by atoms with Crippen molar-refractivity contribution < 1.29 is 0 Å². The van der Waals surface area contributed by atoms with Gasteiger partial charge in [-0.25, -0.2) is 15.0 Å². The lowest BCUT2D eigenvalue weighted by Crippen LogP contribution is -2.10. The van der Waals surface area contributed by atoms with E-state index in [2.05, 4.69) is 33.5 Å². The minimum absolute atomic E-state index is 0.204. The highest BCUT2D eigenvalue weighted by Gasteiger charge is 2.22. The number of benzene rings is 2. The predicted octanol–water partition coefficient (Wildman–Crippen LogP) is 6.10. The number of fused-ring (bicyclic) bond motifs is 3. The average molecular weight is 459 g/mol. The summed E-state index contributed by atoms with van der Waals surface area (Å²) in [7, 11) is 0. The zero-order valence-corrected chi connectivity index (χ0v) is 18.5. The van der Waals surface area contributed by atoms with Crippen LogP contribution in [0.25, 0.3) is 16.7 Å². The minimum Gasteiger partial charge on any atom is -0.336 e. The topological polar surface area (TPSA) is 78.9 Å². The number of nitrogens with zero attached hydrogens (tertiary/aromatic N) is 5. The molecule has 0 aliphatic heterocycles. The molecule has 32 heavy (non-hydrogen) atoms. The SMILES string of the molecule is Cc1c(Cc2ccccc2)c(Nc2c(Cl)ncnc2Cl)n2c(nc3ccccc32)c1C#N. The lowest BCUT2D eigenvalue weighted by Gasteiger charge is -2.19. The minimum atomic E-state index is 0.204. The molecule has 1 N–H and O–H groups in total. The van der Waals surface area contributed by atoms with Crippen LogP contribution in [0.15, 0.2) is 60.9 Å². The second kappa shape index (κ2) is 8.12. The number of pyridine rings is 1. The van der Waals surface area contributed by atoms with E-state index in [-0.39, 0.29) is 10.3 Å². The van der Waals surface area contributed by atoms with Crippen molar-refractivity contribution >= 4 is 51.4 Å². The summed E-state index contributed by atoms with van der Waals surface area (Å²) in [5.74, 6) is 0.715. The molecule has 0 unspecified atom stereocenters. The highest BCUT2D eigenvalue weighted by Crippen LogP contribution is 2.36. The molecule has 6 nitrogen and oxygen atoms in total. The van der Waals surface area contributed by atoms with E-state index in [9.17, 15) is 5.26 Å². The van der Waals surface area contributed by atoms with Crippen LogP contribution >= 0.6 is 23.2 Å². The van der Waals surface area contributed by atoms with Crippen LogP contribution in [-0.2, 0) is 6.42 Å². The molecule has 5 aromatic rings. The second-order valence-corrected chi connectivity index (χ2v) is 8.03. The van der Waals surface area contributed by atoms with Crippen molar-refractivity contribution in [3.05, 3.63) is 93.5 Å². The van der Waals surface area contributed by atoms with Gasteiger partial charge in [0.1, 0.15) is 23.9 Å². The van der Waals surface area contributed by atoms with Crippen molar-refractivity contribution in [2.75, 3.05) is 5.32 Å². The van der Waals surface area contributed by atoms with Crippen LogP contribution in [0.4, 0.5) is 11.5 Å². The van der Waals surface area contributed by atoms with Crippen LogP contribution < -0.4 is 5.32 Å². The number of hydrogen-bond donors (Lipinski definition) is 1. The van der Waals surface area contributed by atoms with Crippen molar-refractivity contribution in [1.29, 1.82) is 5.26 Å². The second-order valence-electron chi connectivity index (χ2n) is 7.32. The van der Waals surface area contributed by atoms with E-state index in [4.69, 9.17) is 28.2 Å². The third-order valence-electron chi connectivity index (χ3n) is 5.46. The van der Waals surface area contributed by atoms with Gasteiger partial charge in [-0.1, -0.05) is 65.7 Å². The third kappa shape index (κ3) is 3.32. The van der Waals surface area contributed by atoms with Gasteiger partial charge in [0, 0.05) is 12.0 Å². The van der Waals surface area contributed by atoms with Crippen molar-refractivity contribution in [3.63, 3.8) is 0 Å². The van der Waals surface area contributed by atoms with Crippen molar-refractivity contribution in [1.82, 2.24) is 19.4 Å². The normalized spacial score (nSPS) is 11.1. The molecule has 0 fully saturated rings. The van der Waals surface area contributed by atoms with Gasteiger partial charge >= 0.3 is 0 Å². The van der Waals surface area contributed by atoms with Gasteiger partial charge in [-0.2, -0.15) is 5.26 Å². The average Bonchev–Trinajstić information content (AvgIpc) is 3.18. The molecule has 5 rings (SSSR count). The Morgan fingerprint density at radius 1 is 1.00 bits per heavy atom. The summed E-state index contributed by atoms with van der Waals surface area (Å²) in [6.45, 7) is 1.94. The summed E-state index contributed by atoms with van der Waals surface area (Å²) in [5.41, 5.74) is 6.00. The first-order chi connectivity index (χ1) is 15.6. The lowest BCUT2D eigenvalue weighted by atomic mass is 9.97. The van der Waals surface area contributed by atoms with Crippen LogP contribution in [0.3, 0.4) is 0 Å². The molecular formula is C24H16Cl2N6. The van der Waals surface area contributed by atoms with Crippen molar-refractivity contribution in [2.24, 2.45) is 0 Å². The predicted molar refractivity (Wildman–Crippen MR) is 127 cm³/mol. The maximum absolute atomic E-state index is 10.0. The van der Waals surface area contributed by atoms with Gasteiger partial charge in [-0.3, -0.25) is 4.40 Å². The summed E-state index contributed by atoms with van der Waals surface area (Å²) in [6.07, 6.45) is 1.90. The van der Waals surface area contributed by atoms with E-state index in [0.717, 1.165) is 27.7 Å². The molecule has 0 aliphatic rings. The Kier molecular flexibility index (Phi) is 5.14.